The Bertz CT molecular complexity index is 758. The van der Waals surface area contributed by atoms with Gasteiger partial charge in [-0.3, -0.25) is 14.9 Å². The molecule has 128 valence electrons. The first-order valence-corrected chi connectivity index (χ1v) is 8.20. The molecule has 3 heteroatoms. The molecule has 0 spiro atoms. The van der Waals surface area contributed by atoms with Crippen molar-refractivity contribution in [3.05, 3.63) is 90.5 Å². The molecule has 3 rings (SSSR count). The van der Waals surface area contributed by atoms with Crippen LogP contribution < -0.4 is 5.32 Å². The molecule has 0 fully saturated rings. The Morgan fingerprint density at radius 1 is 0.880 bits per heavy atom. The van der Waals surface area contributed by atoms with Crippen LogP contribution in [0.4, 0.5) is 0 Å². The lowest BCUT2D eigenvalue weighted by Crippen LogP contribution is -2.19. The maximum absolute atomic E-state index is 10.0. The normalized spacial score (nSPS) is 13.0. The average molecular weight is 333 g/mol. The topological polar surface area (TPSA) is 46.2 Å². The minimum absolute atomic E-state index is 0.119. The molecule has 25 heavy (non-hydrogen) atoms. The standard InChI is InChI=1S/C18H20.C4H3NO2/c1-15(16-10-6-4-7-11-16)14-18(2,3)17-12-8-5-9-13-17;6-3-1-2-4(7)5-3/h4-13H,1,14H2,2-3H3;1-2H,(H,5,6,7). The summed E-state index contributed by atoms with van der Waals surface area (Å²) in [6.07, 6.45) is 3.37. The summed E-state index contributed by atoms with van der Waals surface area (Å²) in [7, 11) is 0. The van der Waals surface area contributed by atoms with Gasteiger partial charge < -0.3 is 0 Å². The van der Waals surface area contributed by atoms with E-state index >= 15 is 0 Å². The Morgan fingerprint density at radius 3 is 1.80 bits per heavy atom. The monoisotopic (exact) mass is 333 g/mol. The van der Waals surface area contributed by atoms with Crippen LogP contribution in [0.25, 0.3) is 5.57 Å². The fourth-order valence-electron chi connectivity index (χ4n) is 2.66. The number of nitrogens with one attached hydrogen (secondary N) is 1. The van der Waals surface area contributed by atoms with Crippen LogP contribution in [0.3, 0.4) is 0 Å². The van der Waals surface area contributed by atoms with Crippen LogP contribution >= 0.6 is 0 Å². The Balaban J connectivity index is 0.000000269. The van der Waals surface area contributed by atoms with Crippen LogP contribution in [0.1, 0.15) is 31.4 Å². The number of hydrogen-bond donors (Lipinski definition) is 1. The maximum atomic E-state index is 10.0. The minimum atomic E-state index is -0.329. The van der Waals surface area contributed by atoms with Gasteiger partial charge in [0.25, 0.3) is 11.8 Å². The number of allylic oxidation sites excluding steroid dienone is 1. The molecule has 3 nitrogen and oxygen atoms in total. The van der Waals surface area contributed by atoms with Gasteiger partial charge in [0, 0.05) is 12.2 Å². The van der Waals surface area contributed by atoms with Crippen molar-refractivity contribution in [2.45, 2.75) is 25.7 Å². The van der Waals surface area contributed by atoms with Gasteiger partial charge in [-0.2, -0.15) is 0 Å². The highest BCUT2D eigenvalue weighted by Crippen LogP contribution is 2.33. The largest absolute Gasteiger partial charge is 0.289 e. The minimum Gasteiger partial charge on any atom is -0.289 e. The molecular weight excluding hydrogens is 310 g/mol. The van der Waals surface area contributed by atoms with Crippen molar-refractivity contribution in [3.8, 4) is 0 Å². The van der Waals surface area contributed by atoms with Crippen LogP contribution in [0.15, 0.2) is 79.4 Å². The third-order valence-electron chi connectivity index (χ3n) is 4.03. The SMILES string of the molecule is C=C(CC(C)(C)c1ccccc1)c1ccccc1.O=C1C=CC(=O)N1. The molecule has 0 unspecified atom stereocenters. The van der Waals surface area contributed by atoms with Gasteiger partial charge in [0.15, 0.2) is 0 Å². The first-order chi connectivity index (χ1) is 11.9. The third-order valence-corrected chi connectivity index (χ3v) is 4.03. The fraction of sp³-hybridized carbons (Fsp3) is 0.182. The molecule has 0 aromatic heterocycles. The zero-order valence-electron chi connectivity index (χ0n) is 14.7. The maximum Gasteiger partial charge on any atom is 0.250 e. The number of hydrogen-bond acceptors (Lipinski definition) is 2. The lowest BCUT2D eigenvalue weighted by Gasteiger charge is -2.26. The van der Waals surface area contributed by atoms with Crippen LogP contribution in [-0.2, 0) is 15.0 Å². The van der Waals surface area contributed by atoms with E-state index in [4.69, 9.17) is 0 Å². The molecule has 1 heterocycles. The van der Waals surface area contributed by atoms with E-state index < -0.39 is 0 Å². The predicted molar refractivity (Wildman–Crippen MR) is 102 cm³/mol. The van der Waals surface area contributed by atoms with E-state index in [9.17, 15) is 9.59 Å². The van der Waals surface area contributed by atoms with Crippen LogP contribution in [0, 0.1) is 0 Å². The van der Waals surface area contributed by atoms with Gasteiger partial charge in [0.05, 0.1) is 0 Å². The average Bonchev–Trinajstić information content (AvgIpc) is 2.99. The van der Waals surface area contributed by atoms with Crippen molar-refractivity contribution < 1.29 is 9.59 Å². The number of benzene rings is 2. The highest BCUT2D eigenvalue weighted by Gasteiger charge is 2.21. The van der Waals surface area contributed by atoms with E-state index in [-0.39, 0.29) is 17.2 Å². The van der Waals surface area contributed by atoms with Crippen LogP contribution in [0.5, 0.6) is 0 Å². The highest BCUT2D eigenvalue weighted by molar-refractivity contribution is 6.12. The second kappa shape index (κ2) is 8.25. The zero-order valence-corrected chi connectivity index (χ0v) is 14.7. The Labute approximate surface area is 149 Å². The number of rotatable bonds is 4. The summed E-state index contributed by atoms with van der Waals surface area (Å²) in [5.41, 5.74) is 3.92. The molecule has 0 bridgehead atoms. The first kappa shape index (κ1) is 18.4. The summed E-state index contributed by atoms with van der Waals surface area (Å²) in [5.74, 6) is -0.657. The molecule has 0 saturated carbocycles. The van der Waals surface area contributed by atoms with Gasteiger partial charge >= 0.3 is 0 Å². The summed E-state index contributed by atoms with van der Waals surface area (Å²) in [6, 6.07) is 21.1. The van der Waals surface area contributed by atoms with E-state index in [2.05, 4.69) is 75.0 Å². The summed E-state index contributed by atoms with van der Waals surface area (Å²) in [5, 5.41) is 2.03. The van der Waals surface area contributed by atoms with Crippen molar-refractivity contribution in [2.24, 2.45) is 0 Å². The molecule has 2 amide bonds. The summed E-state index contributed by atoms with van der Waals surface area (Å²) < 4.78 is 0. The van der Waals surface area contributed by atoms with E-state index in [1.54, 1.807) is 0 Å². The number of amides is 2. The second-order valence-corrected chi connectivity index (χ2v) is 6.58. The molecule has 1 aliphatic rings. The van der Waals surface area contributed by atoms with Gasteiger partial charge in [-0.25, -0.2) is 0 Å². The Hall–Kier alpha value is -2.94. The number of carbonyl (C=O) groups is 2. The molecular formula is C22H23NO2. The first-order valence-electron chi connectivity index (χ1n) is 8.20. The Morgan fingerprint density at radius 2 is 1.36 bits per heavy atom. The molecule has 1 N–H and O–H groups in total. The van der Waals surface area contributed by atoms with Crippen LogP contribution in [-0.4, -0.2) is 11.8 Å². The van der Waals surface area contributed by atoms with Crippen molar-refractivity contribution in [1.29, 1.82) is 0 Å². The van der Waals surface area contributed by atoms with Gasteiger partial charge in [-0.1, -0.05) is 81.1 Å². The zero-order chi connectivity index (χ0) is 18.3. The molecule has 0 atom stereocenters. The van der Waals surface area contributed by atoms with E-state index in [0.717, 1.165) is 6.42 Å². The molecule has 0 saturated heterocycles. The van der Waals surface area contributed by atoms with E-state index in [1.165, 1.54) is 28.9 Å². The van der Waals surface area contributed by atoms with Crippen molar-refractivity contribution in [1.82, 2.24) is 5.32 Å². The smallest absolute Gasteiger partial charge is 0.250 e. The van der Waals surface area contributed by atoms with Gasteiger partial charge in [0.2, 0.25) is 0 Å². The fourth-order valence-corrected chi connectivity index (χ4v) is 2.66. The van der Waals surface area contributed by atoms with Gasteiger partial charge in [-0.15, -0.1) is 0 Å². The molecule has 1 aliphatic heterocycles. The highest BCUT2D eigenvalue weighted by atomic mass is 16.2. The van der Waals surface area contributed by atoms with Crippen LogP contribution in [0.2, 0.25) is 0 Å². The van der Waals surface area contributed by atoms with Crippen molar-refractivity contribution >= 4 is 17.4 Å². The molecule has 2 aromatic carbocycles. The third kappa shape index (κ3) is 5.57. The predicted octanol–water partition coefficient (Wildman–Crippen LogP) is 4.27. The van der Waals surface area contributed by atoms with Crippen molar-refractivity contribution in [2.75, 3.05) is 0 Å². The molecule has 2 aromatic rings. The summed E-state index contributed by atoms with van der Waals surface area (Å²) in [4.78, 5) is 20.1. The molecule has 0 aliphatic carbocycles. The van der Waals surface area contributed by atoms with Gasteiger partial charge in [0.1, 0.15) is 0 Å². The summed E-state index contributed by atoms with van der Waals surface area (Å²) >= 11 is 0. The van der Waals surface area contributed by atoms with Gasteiger partial charge in [-0.05, 0) is 28.5 Å². The van der Waals surface area contributed by atoms with E-state index in [0.29, 0.717) is 0 Å². The Kier molecular flexibility index (Phi) is 6.07. The lowest BCUT2D eigenvalue weighted by molar-refractivity contribution is -0.123. The molecule has 0 radical (unpaired) electrons. The quantitative estimate of drug-likeness (QED) is 0.850. The number of carbonyl (C=O) groups excluding carboxylic acids is 2. The van der Waals surface area contributed by atoms with Crippen molar-refractivity contribution in [3.63, 3.8) is 0 Å². The second-order valence-electron chi connectivity index (χ2n) is 6.58. The number of imide groups is 1. The lowest BCUT2D eigenvalue weighted by atomic mass is 9.78. The summed E-state index contributed by atoms with van der Waals surface area (Å²) in [6.45, 7) is 8.78. The van der Waals surface area contributed by atoms with E-state index in [1.807, 2.05) is 11.4 Å².